The Balaban J connectivity index is 1.97. The minimum Gasteiger partial charge on any atom is -0.356 e. The molecule has 2 N–H and O–H groups in total. The molecule has 1 aliphatic rings. The molecule has 3 nitrogen and oxygen atoms in total. The molecule has 1 atom stereocenters. The van der Waals surface area contributed by atoms with Crippen LogP contribution in [0.2, 0.25) is 0 Å². The Morgan fingerprint density at radius 3 is 3.07 bits per heavy atom. The molecule has 0 aromatic rings. The summed E-state index contributed by atoms with van der Waals surface area (Å²) in [7, 11) is 0. The van der Waals surface area contributed by atoms with Crippen LogP contribution in [-0.2, 0) is 4.79 Å². The van der Waals surface area contributed by atoms with Crippen molar-refractivity contribution in [2.75, 3.05) is 31.6 Å². The summed E-state index contributed by atoms with van der Waals surface area (Å²) >= 11 is 1.86. The van der Waals surface area contributed by atoms with Crippen molar-refractivity contribution in [3.8, 4) is 0 Å². The monoisotopic (exact) mass is 216 g/mol. The fourth-order valence-corrected chi connectivity index (χ4v) is 2.10. The van der Waals surface area contributed by atoms with Crippen LogP contribution in [0, 0.1) is 5.92 Å². The summed E-state index contributed by atoms with van der Waals surface area (Å²) in [6.45, 7) is 2.69. The third kappa shape index (κ3) is 4.33. The van der Waals surface area contributed by atoms with E-state index in [4.69, 9.17) is 0 Å². The second kappa shape index (κ2) is 7.12. The van der Waals surface area contributed by atoms with Gasteiger partial charge in [-0.3, -0.25) is 4.79 Å². The molecule has 1 amide bonds. The summed E-state index contributed by atoms with van der Waals surface area (Å²) in [5, 5.41) is 6.20. The maximum absolute atomic E-state index is 11.5. The van der Waals surface area contributed by atoms with Gasteiger partial charge in [0.1, 0.15) is 0 Å². The zero-order valence-corrected chi connectivity index (χ0v) is 9.66. The highest BCUT2D eigenvalue weighted by Gasteiger charge is 2.21. The maximum Gasteiger partial charge on any atom is 0.224 e. The van der Waals surface area contributed by atoms with Gasteiger partial charge in [0.15, 0.2) is 0 Å². The summed E-state index contributed by atoms with van der Waals surface area (Å²) in [5.41, 5.74) is 0. The predicted molar refractivity (Wildman–Crippen MR) is 61.6 cm³/mol. The molecule has 0 unspecified atom stereocenters. The standard InChI is InChI=1S/C10H20N2OS/c1-14-7-3-2-5-12-10(13)9-4-6-11-8-9/h9,11H,2-8H2,1H3,(H,12,13)/t9-/m0/s1. The van der Waals surface area contributed by atoms with Gasteiger partial charge in [0.05, 0.1) is 5.92 Å². The number of hydrogen-bond donors (Lipinski definition) is 2. The van der Waals surface area contributed by atoms with E-state index in [1.165, 1.54) is 12.2 Å². The molecule has 1 heterocycles. The Bertz CT molecular complexity index is 170. The lowest BCUT2D eigenvalue weighted by Gasteiger charge is -2.09. The Morgan fingerprint density at radius 2 is 2.43 bits per heavy atom. The van der Waals surface area contributed by atoms with E-state index in [0.29, 0.717) is 0 Å². The number of rotatable bonds is 6. The molecule has 82 valence electrons. The lowest BCUT2D eigenvalue weighted by molar-refractivity contribution is -0.124. The van der Waals surface area contributed by atoms with Crippen LogP contribution in [-0.4, -0.2) is 37.6 Å². The minimum absolute atomic E-state index is 0.218. The molecule has 1 aliphatic heterocycles. The van der Waals surface area contributed by atoms with Crippen LogP contribution in [0.25, 0.3) is 0 Å². The van der Waals surface area contributed by atoms with E-state index >= 15 is 0 Å². The van der Waals surface area contributed by atoms with E-state index in [0.717, 1.165) is 32.5 Å². The fourth-order valence-electron chi connectivity index (χ4n) is 1.61. The van der Waals surface area contributed by atoms with Crippen LogP contribution < -0.4 is 10.6 Å². The average molecular weight is 216 g/mol. The second-order valence-electron chi connectivity index (χ2n) is 3.68. The average Bonchev–Trinajstić information content (AvgIpc) is 2.70. The molecular weight excluding hydrogens is 196 g/mol. The van der Waals surface area contributed by atoms with Gasteiger partial charge in [-0.25, -0.2) is 0 Å². The first-order chi connectivity index (χ1) is 6.84. The number of amides is 1. The summed E-state index contributed by atoms with van der Waals surface area (Å²) in [5.74, 6) is 1.65. The van der Waals surface area contributed by atoms with Crippen molar-refractivity contribution in [3.05, 3.63) is 0 Å². The highest BCUT2D eigenvalue weighted by molar-refractivity contribution is 7.98. The molecule has 1 saturated heterocycles. The van der Waals surface area contributed by atoms with Gasteiger partial charge >= 0.3 is 0 Å². The highest BCUT2D eigenvalue weighted by atomic mass is 32.2. The van der Waals surface area contributed by atoms with E-state index in [1.54, 1.807) is 0 Å². The zero-order valence-electron chi connectivity index (χ0n) is 8.84. The molecule has 14 heavy (non-hydrogen) atoms. The lowest BCUT2D eigenvalue weighted by Crippen LogP contribution is -2.32. The van der Waals surface area contributed by atoms with E-state index in [9.17, 15) is 4.79 Å². The summed E-state index contributed by atoms with van der Waals surface area (Å²) < 4.78 is 0. The van der Waals surface area contributed by atoms with Gasteiger partial charge in [0.2, 0.25) is 5.91 Å². The molecule has 4 heteroatoms. The van der Waals surface area contributed by atoms with E-state index in [1.807, 2.05) is 11.8 Å². The van der Waals surface area contributed by atoms with Gasteiger partial charge in [0.25, 0.3) is 0 Å². The molecule has 1 fully saturated rings. The van der Waals surface area contributed by atoms with E-state index in [-0.39, 0.29) is 11.8 Å². The minimum atomic E-state index is 0.218. The highest BCUT2D eigenvalue weighted by Crippen LogP contribution is 2.07. The molecule has 0 saturated carbocycles. The normalized spacial score (nSPS) is 21.1. The molecule has 0 aromatic carbocycles. The lowest BCUT2D eigenvalue weighted by atomic mass is 10.1. The molecule has 0 radical (unpaired) electrons. The molecular formula is C10H20N2OS. The van der Waals surface area contributed by atoms with Crippen molar-refractivity contribution in [1.29, 1.82) is 0 Å². The van der Waals surface area contributed by atoms with E-state index < -0.39 is 0 Å². The first-order valence-corrected chi connectivity index (χ1v) is 6.71. The van der Waals surface area contributed by atoms with Crippen molar-refractivity contribution < 1.29 is 4.79 Å². The number of thioether (sulfide) groups is 1. The topological polar surface area (TPSA) is 41.1 Å². The Hall–Kier alpha value is -0.220. The third-order valence-corrected chi connectivity index (χ3v) is 3.20. The first kappa shape index (κ1) is 11.9. The van der Waals surface area contributed by atoms with Crippen LogP contribution >= 0.6 is 11.8 Å². The maximum atomic E-state index is 11.5. The van der Waals surface area contributed by atoms with Gasteiger partial charge in [0, 0.05) is 13.1 Å². The van der Waals surface area contributed by atoms with Crippen molar-refractivity contribution in [1.82, 2.24) is 10.6 Å². The van der Waals surface area contributed by atoms with Crippen molar-refractivity contribution in [2.24, 2.45) is 5.92 Å². The van der Waals surface area contributed by atoms with Gasteiger partial charge in [-0.15, -0.1) is 0 Å². The fraction of sp³-hybridized carbons (Fsp3) is 0.900. The largest absolute Gasteiger partial charge is 0.356 e. The smallest absolute Gasteiger partial charge is 0.224 e. The van der Waals surface area contributed by atoms with Crippen molar-refractivity contribution in [3.63, 3.8) is 0 Å². The van der Waals surface area contributed by atoms with Crippen LogP contribution in [0.15, 0.2) is 0 Å². The zero-order chi connectivity index (χ0) is 10.2. The summed E-state index contributed by atoms with van der Waals surface area (Å²) in [6, 6.07) is 0. The van der Waals surface area contributed by atoms with Crippen LogP contribution in [0.4, 0.5) is 0 Å². The Morgan fingerprint density at radius 1 is 1.57 bits per heavy atom. The van der Waals surface area contributed by atoms with Gasteiger partial charge < -0.3 is 10.6 Å². The van der Waals surface area contributed by atoms with Crippen LogP contribution in [0.3, 0.4) is 0 Å². The Kier molecular flexibility index (Phi) is 6.03. The van der Waals surface area contributed by atoms with Crippen molar-refractivity contribution in [2.45, 2.75) is 19.3 Å². The number of unbranched alkanes of at least 4 members (excludes halogenated alkanes) is 1. The molecule has 0 aliphatic carbocycles. The number of nitrogens with one attached hydrogen (secondary N) is 2. The SMILES string of the molecule is CSCCCCNC(=O)[C@H]1CCNC1. The molecule has 0 spiro atoms. The quantitative estimate of drug-likeness (QED) is 0.647. The molecule has 1 rings (SSSR count). The van der Waals surface area contributed by atoms with Gasteiger partial charge in [-0.2, -0.15) is 11.8 Å². The number of carbonyl (C=O) groups excluding carboxylic acids is 1. The number of hydrogen-bond acceptors (Lipinski definition) is 3. The first-order valence-electron chi connectivity index (χ1n) is 5.32. The van der Waals surface area contributed by atoms with Crippen LogP contribution in [0.5, 0.6) is 0 Å². The summed E-state index contributed by atoms with van der Waals surface area (Å²) in [4.78, 5) is 11.5. The van der Waals surface area contributed by atoms with Crippen molar-refractivity contribution >= 4 is 17.7 Å². The molecule has 0 aromatic heterocycles. The third-order valence-electron chi connectivity index (χ3n) is 2.51. The second-order valence-corrected chi connectivity index (χ2v) is 4.67. The Labute approximate surface area is 90.4 Å². The number of carbonyl (C=O) groups is 1. The van der Waals surface area contributed by atoms with Gasteiger partial charge in [-0.05, 0) is 37.8 Å². The predicted octanol–water partition coefficient (Wildman–Crippen LogP) is 0.855. The molecule has 0 bridgehead atoms. The van der Waals surface area contributed by atoms with Crippen LogP contribution in [0.1, 0.15) is 19.3 Å². The summed E-state index contributed by atoms with van der Waals surface area (Å²) in [6.07, 6.45) is 5.41. The van der Waals surface area contributed by atoms with Gasteiger partial charge in [-0.1, -0.05) is 0 Å². The van der Waals surface area contributed by atoms with E-state index in [2.05, 4.69) is 16.9 Å².